The Balaban J connectivity index is 2.60. The highest BCUT2D eigenvalue weighted by Gasteiger charge is 2.10. The lowest BCUT2D eigenvalue weighted by Crippen LogP contribution is -2.18. The molecule has 0 fully saturated rings. The fraction of sp³-hybridized carbons (Fsp3) is 0.417. The lowest BCUT2D eigenvalue weighted by atomic mass is 10.2. The van der Waals surface area contributed by atoms with Crippen LogP contribution < -0.4 is 15.4 Å². The minimum atomic E-state index is -3.43. The highest BCUT2D eigenvalue weighted by molar-refractivity contribution is 7.89. The third kappa shape index (κ3) is 4.98. The molecule has 0 aromatic heterocycles. The van der Waals surface area contributed by atoms with E-state index in [2.05, 4.69) is 15.4 Å². The third-order valence-electron chi connectivity index (χ3n) is 2.55. The average Bonchev–Trinajstić information content (AvgIpc) is 2.39. The summed E-state index contributed by atoms with van der Waals surface area (Å²) in [4.78, 5) is 11.7. The first kappa shape index (κ1) is 15.6. The van der Waals surface area contributed by atoms with Gasteiger partial charge in [0.25, 0.3) is 0 Å². The molecule has 0 heterocycles. The van der Waals surface area contributed by atoms with E-state index in [1.54, 1.807) is 12.1 Å². The average molecular weight is 285 g/mol. The molecule has 6 nitrogen and oxygen atoms in total. The van der Waals surface area contributed by atoms with E-state index in [9.17, 15) is 13.2 Å². The number of benzene rings is 1. The van der Waals surface area contributed by atoms with Gasteiger partial charge < -0.3 is 10.6 Å². The van der Waals surface area contributed by atoms with Crippen molar-refractivity contribution in [3.05, 3.63) is 24.3 Å². The van der Waals surface area contributed by atoms with Crippen LogP contribution in [0.1, 0.15) is 12.8 Å². The van der Waals surface area contributed by atoms with Gasteiger partial charge in [0.2, 0.25) is 15.9 Å². The van der Waals surface area contributed by atoms with E-state index in [-0.39, 0.29) is 10.8 Å². The molecule has 0 aliphatic rings. The van der Waals surface area contributed by atoms with Gasteiger partial charge in [-0.2, -0.15) is 0 Å². The second-order valence-corrected chi connectivity index (χ2v) is 5.87. The summed E-state index contributed by atoms with van der Waals surface area (Å²) in [5, 5.41) is 5.68. The van der Waals surface area contributed by atoms with Crippen LogP contribution in [-0.2, 0) is 14.8 Å². The maximum absolute atomic E-state index is 11.6. The Labute approximate surface area is 113 Å². The predicted octanol–water partition coefficient (Wildman–Crippen LogP) is 0.533. The zero-order chi connectivity index (χ0) is 14.3. The molecule has 1 aromatic rings. The standard InChI is InChI=1S/C12H19N3O3S/c1-13-9-3-4-12(16)15-10-5-7-11(8-6-10)19(17,18)14-2/h5-8,13-14H,3-4,9H2,1-2H3,(H,15,16). The van der Waals surface area contributed by atoms with E-state index < -0.39 is 10.0 Å². The van der Waals surface area contributed by atoms with E-state index in [1.165, 1.54) is 19.2 Å². The summed E-state index contributed by atoms with van der Waals surface area (Å²) in [6.45, 7) is 0.784. The van der Waals surface area contributed by atoms with Crippen molar-refractivity contribution in [1.82, 2.24) is 10.0 Å². The highest BCUT2D eigenvalue weighted by Crippen LogP contribution is 2.13. The van der Waals surface area contributed by atoms with Gasteiger partial charge in [-0.25, -0.2) is 13.1 Å². The Morgan fingerprint density at radius 1 is 1.16 bits per heavy atom. The maximum Gasteiger partial charge on any atom is 0.240 e. The molecule has 0 bridgehead atoms. The second-order valence-electron chi connectivity index (χ2n) is 3.99. The molecule has 106 valence electrons. The first-order chi connectivity index (χ1) is 8.99. The zero-order valence-corrected chi connectivity index (χ0v) is 11.9. The molecule has 19 heavy (non-hydrogen) atoms. The summed E-state index contributed by atoms with van der Waals surface area (Å²) in [6.07, 6.45) is 1.19. The molecule has 0 atom stereocenters. The number of hydrogen-bond acceptors (Lipinski definition) is 4. The van der Waals surface area contributed by atoms with Gasteiger partial charge in [-0.05, 0) is 51.3 Å². The Bertz CT molecular complexity index is 512. The van der Waals surface area contributed by atoms with Gasteiger partial charge in [0.05, 0.1) is 4.90 Å². The van der Waals surface area contributed by atoms with E-state index >= 15 is 0 Å². The molecule has 3 N–H and O–H groups in total. The smallest absolute Gasteiger partial charge is 0.240 e. The van der Waals surface area contributed by atoms with Gasteiger partial charge >= 0.3 is 0 Å². The molecule has 0 saturated heterocycles. The van der Waals surface area contributed by atoms with Crippen molar-refractivity contribution in [2.75, 3.05) is 26.0 Å². The van der Waals surface area contributed by atoms with Crippen LogP contribution in [0, 0.1) is 0 Å². The first-order valence-electron chi connectivity index (χ1n) is 5.97. The van der Waals surface area contributed by atoms with Crippen molar-refractivity contribution < 1.29 is 13.2 Å². The van der Waals surface area contributed by atoms with Crippen molar-refractivity contribution in [2.45, 2.75) is 17.7 Å². The maximum atomic E-state index is 11.6. The van der Waals surface area contributed by atoms with Gasteiger partial charge in [-0.1, -0.05) is 0 Å². The molecule has 7 heteroatoms. The lowest BCUT2D eigenvalue weighted by molar-refractivity contribution is -0.116. The number of anilines is 1. The molecule has 1 amide bonds. The Hall–Kier alpha value is -1.44. The Kier molecular flexibility index (Phi) is 5.94. The first-order valence-corrected chi connectivity index (χ1v) is 7.46. The molecule has 0 aliphatic heterocycles. The Morgan fingerprint density at radius 2 is 1.79 bits per heavy atom. The molecule has 0 unspecified atom stereocenters. The summed E-state index contributed by atoms with van der Waals surface area (Å²) < 4.78 is 25.2. The van der Waals surface area contributed by atoms with Gasteiger partial charge in [0.15, 0.2) is 0 Å². The fourth-order valence-electron chi connectivity index (χ4n) is 1.48. The third-order valence-corrected chi connectivity index (χ3v) is 3.98. The van der Waals surface area contributed by atoms with Crippen LogP contribution in [-0.4, -0.2) is 35.0 Å². The molecular formula is C12H19N3O3S. The van der Waals surface area contributed by atoms with Gasteiger partial charge in [0, 0.05) is 12.1 Å². The molecule has 0 saturated carbocycles. The lowest BCUT2D eigenvalue weighted by Gasteiger charge is -2.07. The van der Waals surface area contributed by atoms with Crippen LogP contribution in [0.5, 0.6) is 0 Å². The molecule has 0 aliphatic carbocycles. The quantitative estimate of drug-likeness (QED) is 0.638. The van der Waals surface area contributed by atoms with E-state index in [1.807, 2.05) is 7.05 Å². The summed E-state index contributed by atoms with van der Waals surface area (Å²) >= 11 is 0. The molecule has 1 rings (SSSR count). The number of sulfonamides is 1. The largest absolute Gasteiger partial charge is 0.326 e. The molecule has 1 aromatic carbocycles. The zero-order valence-electron chi connectivity index (χ0n) is 11.1. The number of hydrogen-bond donors (Lipinski definition) is 3. The van der Waals surface area contributed by atoms with Gasteiger partial charge in [-0.15, -0.1) is 0 Å². The predicted molar refractivity (Wildman–Crippen MR) is 74.5 cm³/mol. The number of carbonyl (C=O) groups is 1. The molecule has 0 spiro atoms. The van der Waals surface area contributed by atoms with Crippen molar-refractivity contribution >= 4 is 21.6 Å². The van der Waals surface area contributed by atoms with E-state index in [4.69, 9.17) is 0 Å². The second kappa shape index (κ2) is 7.22. The Morgan fingerprint density at radius 3 is 2.32 bits per heavy atom. The summed E-state index contributed by atoms with van der Waals surface area (Å²) in [5.41, 5.74) is 0.588. The van der Waals surface area contributed by atoms with E-state index in [0.717, 1.165) is 13.0 Å². The van der Waals surface area contributed by atoms with E-state index in [0.29, 0.717) is 12.1 Å². The van der Waals surface area contributed by atoms with Crippen LogP contribution >= 0.6 is 0 Å². The summed E-state index contributed by atoms with van der Waals surface area (Å²) in [6, 6.07) is 6.05. The van der Waals surface area contributed by atoms with Crippen molar-refractivity contribution in [3.63, 3.8) is 0 Å². The number of rotatable bonds is 7. The van der Waals surface area contributed by atoms with Crippen molar-refractivity contribution in [3.8, 4) is 0 Å². The minimum Gasteiger partial charge on any atom is -0.326 e. The monoisotopic (exact) mass is 285 g/mol. The molecule has 0 radical (unpaired) electrons. The van der Waals surface area contributed by atoms with Crippen molar-refractivity contribution in [1.29, 1.82) is 0 Å². The van der Waals surface area contributed by atoms with Gasteiger partial charge in [0.1, 0.15) is 0 Å². The van der Waals surface area contributed by atoms with Crippen molar-refractivity contribution in [2.24, 2.45) is 0 Å². The van der Waals surface area contributed by atoms with Crippen LogP contribution in [0.2, 0.25) is 0 Å². The SMILES string of the molecule is CNCCCC(=O)Nc1ccc(S(=O)(=O)NC)cc1. The van der Waals surface area contributed by atoms with Crippen LogP contribution in [0.4, 0.5) is 5.69 Å². The summed E-state index contributed by atoms with van der Waals surface area (Å²) in [7, 11) is -0.246. The number of amides is 1. The number of carbonyl (C=O) groups excluding carboxylic acids is 1. The minimum absolute atomic E-state index is 0.0838. The van der Waals surface area contributed by atoms with Crippen LogP contribution in [0.15, 0.2) is 29.2 Å². The fourth-order valence-corrected chi connectivity index (χ4v) is 2.21. The van der Waals surface area contributed by atoms with Gasteiger partial charge in [-0.3, -0.25) is 4.79 Å². The topological polar surface area (TPSA) is 87.3 Å². The molecular weight excluding hydrogens is 266 g/mol. The van der Waals surface area contributed by atoms with Crippen LogP contribution in [0.25, 0.3) is 0 Å². The summed E-state index contributed by atoms with van der Waals surface area (Å²) in [5.74, 6) is -0.0838. The highest BCUT2D eigenvalue weighted by atomic mass is 32.2. The number of nitrogens with one attached hydrogen (secondary N) is 3. The van der Waals surface area contributed by atoms with Crippen LogP contribution in [0.3, 0.4) is 0 Å². The normalized spacial score (nSPS) is 11.3.